The number of aromatic nitrogens is 2. The predicted octanol–water partition coefficient (Wildman–Crippen LogP) is 1.86. The maximum atomic E-state index is 11.3. The lowest BCUT2D eigenvalue weighted by Gasteiger charge is -1.97. The lowest BCUT2D eigenvalue weighted by molar-refractivity contribution is 1.17. The largest absolute Gasteiger partial charge is 0.313 e. The number of aromatic amines is 1. The number of benzene rings is 1. The van der Waals surface area contributed by atoms with Gasteiger partial charge in [-0.3, -0.25) is 4.79 Å². The van der Waals surface area contributed by atoms with Gasteiger partial charge in [-0.2, -0.15) is 0 Å². The second-order valence-corrected chi connectivity index (χ2v) is 3.70. The fraction of sp³-hybridized carbons (Fsp3) is 0. The predicted molar refractivity (Wildman–Crippen MR) is 57.2 cm³/mol. The Morgan fingerprint density at radius 1 is 1.46 bits per heavy atom. The minimum absolute atomic E-state index is 0.116. The zero-order valence-electron chi connectivity index (χ0n) is 6.52. The second kappa shape index (κ2) is 3.43. The Morgan fingerprint density at radius 3 is 3.08 bits per heavy atom. The molecule has 0 aliphatic carbocycles. The Hall–Kier alpha value is -0.940. The Bertz CT molecular complexity index is 495. The lowest BCUT2D eigenvalue weighted by atomic mass is 10.2. The minimum atomic E-state index is -0.116. The van der Waals surface area contributed by atoms with Crippen LogP contribution in [0.5, 0.6) is 0 Å². The Kier molecular flexibility index (Phi) is 2.28. The van der Waals surface area contributed by atoms with Crippen molar-refractivity contribution < 1.29 is 0 Å². The van der Waals surface area contributed by atoms with Crippen LogP contribution >= 0.6 is 22.5 Å². The average Bonchev–Trinajstić information content (AvgIpc) is 2.18. The van der Waals surface area contributed by atoms with Crippen molar-refractivity contribution in [2.75, 3.05) is 0 Å². The van der Waals surface area contributed by atoms with Crippen molar-refractivity contribution in [3.05, 3.63) is 34.9 Å². The van der Waals surface area contributed by atoms with E-state index in [1.54, 1.807) is 6.07 Å². The molecule has 2 aromatic rings. The highest BCUT2D eigenvalue weighted by molar-refractivity contribution is 8.68. The number of fused-ring (bicyclic) bond motifs is 1. The summed E-state index contributed by atoms with van der Waals surface area (Å²) in [5.74, 6) is 0. The van der Waals surface area contributed by atoms with Gasteiger partial charge in [-0.05, 0) is 18.2 Å². The first-order valence-electron chi connectivity index (χ1n) is 3.60. The Morgan fingerprint density at radius 2 is 2.31 bits per heavy atom. The van der Waals surface area contributed by atoms with Gasteiger partial charge in [-0.15, -0.1) is 11.7 Å². The fourth-order valence-corrected chi connectivity index (χ4v) is 1.74. The summed E-state index contributed by atoms with van der Waals surface area (Å²) in [5.41, 5.74) is 0.587. The minimum Gasteiger partial charge on any atom is -0.313 e. The third kappa shape index (κ3) is 1.57. The van der Waals surface area contributed by atoms with Gasteiger partial charge in [0, 0.05) is 4.90 Å². The van der Waals surface area contributed by atoms with Gasteiger partial charge in [-0.25, -0.2) is 4.98 Å². The second-order valence-electron chi connectivity index (χ2n) is 2.50. The monoisotopic (exact) mass is 210 g/mol. The molecule has 1 N–H and O–H groups in total. The third-order valence-electron chi connectivity index (χ3n) is 1.72. The summed E-state index contributed by atoms with van der Waals surface area (Å²) in [5, 5.41) is 0.599. The normalized spacial score (nSPS) is 10.5. The van der Waals surface area contributed by atoms with E-state index in [0.29, 0.717) is 10.9 Å². The molecule has 0 saturated carbocycles. The molecule has 0 radical (unpaired) electrons. The molecule has 0 spiro atoms. The van der Waals surface area contributed by atoms with E-state index < -0.39 is 0 Å². The number of nitrogens with zero attached hydrogens (tertiary/aromatic N) is 1. The number of hydrogen-bond donors (Lipinski definition) is 2. The maximum absolute atomic E-state index is 11.3. The summed E-state index contributed by atoms with van der Waals surface area (Å²) in [6.45, 7) is 0. The number of H-pyrrole nitrogens is 1. The van der Waals surface area contributed by atoms with Gasteiger partial charge in [-0.1, -0.05) is 10.8 Å². The van der Waals surface area contributed by atoms with E-state index in [0.717, 1.165) is 4.90 Å². The van der Waals surface area contributed by atoms with Crippen molar-refractivity contribution in [1.82, 2.24) is 9.97 Å². The third-order valence-corrected chi connectivity index (χ3v) is 2.81. The van der Waals surface area contributed by atoms with Gasteiger partial charge in [0.1, 0.15) is 0 Å². The summed E-state index contributed by atoms with van der Waals surface area (Å²) in [6, 6.07) is 5.47. The zero-order chi connectivity index (χ0) is 9.26. The van der Waals surface area contributed by atoms with Gasteiger partial charge in [0.05, 0.1) is 17.2 Å². The molecule has 2 rings (SSSR count). The molecule has 0 atom stereocenters. The molecule has 0 aliphatic heterocycles. The van der Waals surface area contributed by atoms with Crippen molar-refractivity contribution >= 4 is 33.4 Å². The molecule has 66 valence electrons. The smallest absolute Gasteiger partial charge is 0.258 e. The topological polar surface area (TPSA) is 45.8 Å². The molecule has 1 aromatic heterocycles. The molecule has 0 fully saturated rings. The van der Waals surface area contributed by atoms with Gasteiger partial charge < -0.3 is 4.98 Å². The van der Waals surface area contributed by atoms with E-state index in [4.69, 9.17) is 0 Å². The quantitative estimate of drug-likeness (QED) is 0.558. The summed E-state index contributed by atoms with van der Waals surface area (Å²) in [6.07, 6.45) is 1.40. The molecule has 3 nitrogen and oxygen atoms in total. The van der Waals surface area contributed by atoms with E-state index in [-0.39, 0.29) is 5.56 Å². The first-order valence-corrected chi connectivity index (χ1v) is 5.47. The van der Waals surface area contributed by atoms with Crippen LogP contribution in [-0.4, -0.2) is 9.97 Å². The van der Waals surface area contributed by atoms with Gasteiger partial charge >= 0.3 is 0 Å². The van der Waals surface area contributed by atoms with Crippen LogP contribution in [0.25, 0.3) is 10.9 Å². The number of rotatable bonds is 1. The standard InChI is InChI=1S/C8H6N2OS2/c11-8-6-3-5(13-12)1-2-7(6)9-4-10-8/h1-4,12H,(H,9,10,11). The summed E-state index contributed by atoms with van der Waals surface area (Å²) in [4.78, 5) is 18.8. The maximum Gasteiger partial charge on any atom is 0.258 e. The molecular weight excluding hydrogens is 204 g/mol. The van der Waals surface area contributed by atoms with Crippen molar-refractivity contribution in [3.63, 3.8) is 0 Å². The van der Waals surface area contributed by atoms with Gasteiger partial charge in [0.15, 0.2) is 0 Å². The van der Waals surface area contributed by atoms with Crippen molar-refractivity contribution in [3.8, 4) is 0 Å². The van der Waals surface area contributed by atoms with E-state index in [1.165, 1.54) is 17.1 Å². The van der Waals surface area contributed by atoms with Crippen LogP contribution in [0.3, 0.4) is 0 Å². The summed E-state index contributed by atoms with van der Waals surface area (Å²) in [7, 11) is 1.31. The van der Waals surface area contributed by atoms with Crippen LogP contribution in [0.1, 0.15) is 0 Å². The summed E-state index contributed by atoms with van der Waals surface area (Å²) < 4.78 is 0. The molecule has 0 unspecified atom stereocenters. The first-order chi connectivity index (χ1) is 6.31. The van der Waals surface area contributed by atoms with E-state index >= 15 is 0 Å². The van der Waals surface area contributed by atoms with Crippen LogP contribution in [-0.2, 0) is 0 Å². The molecule has 0 bridgehead atoms. The van der Waals surface area contributed by atoms with E-state index in [1.807, 2.05) is 12.1 Å². The van der Waals surface area contributed by atoms with Crippen LogP contribution in [0, 0.1) is 0 Å². The van der Waals surface area contributed by atoms with Crippen LogP contribution < -0.4 is 5.56 Å². The first kappa shape index (κ1) is 8.65. The molecule has 13 heavy (non-hydrogen) atoms. The molecule has 5 heteroatoms. The van der Waals surface area contributed by atoms with Crippen molar-refractivity contribution in [2.24, 2.45) is 0 Å². The summed E-state index contributed by atoms with van der Waals surface area (Å²) >= 11 is 4.05. The number of nitrogens with one attached hydrogen (secondary N) is 1. The zero-order valence-corrected chi connectivity index (χ0v) is 8.23. The van der Waals surface area contributed by atoms with Gasteiger partial charge in [0.25, 0.3) is 5.56 Å². The van der Waals surface area contributed by atoms with Crippen molar-refractivity contribution in [1.29, 1.82) is 0 Å². The molecule has 0 aliphatic rings. The lowest BCUT2D eigenvalue weighted by Crippen LogP contribution is -2.05. The molecular formula is C8H6N2OS2. The highest BCUT2D eigenvalue weighted by Crippen LogP contribution is 2.23. The van der Waals surface area contributed by atoms with Crippen LogP contribution in [0.15, 0.2) is 34.2 Å². The molecule has 1 heterocycles. The van der Waals surface area contributed by atoms with Crippen LogP contribution in [0.2, 0.25) is 0 Å². The molecule has 0 amide bonds. The highest BCUT2D eigenvalue weighted by Gasteiger charge is 1.99. The van der Waals surface area contributed by atoms with Gasteiger partial charge in [0.2, 0.25) is 0 Å². The number of hydrogen-bond acceptors (Lipinski definition) is 4. The average molecular weight is 210 g/mol. The van der Waals surface area contributed by atoms with E-state index in [2.05, 4.69) is 21.6 Å². The highest BCUT2D eigenvalue weighted by atomic mass is 33.1. The van der Waals surface area contributed by atoms with Crippen molar-refractivity contribution in [2.45, 2.75) is 4.90 Å². The SMILES string of the molecule is O=c1[nH]cnc2ccc(SS)cc12. The molecule has 0 saturated heterocycles. The Labute approximate surface area is 83.4 Å². The van der Waals surface area contributed by atoms with E-state index in [9.17, 15) is 4.79 Å². The molecule has 1 aromatic carbocycles. The number of thiol groups is 1. The fourth-order valence-electron chi connectivity index (χ4n) is 1.10. The van der Waals surface area contributed by atoms with Crippen LogP contribution in [0.4, 0.5) is 0 Å². The Balaban J connectivity index is 2.82.